The molecule has 0 unspecified atom stereocenters. The van der Waals surface area contributed by atoms with Crippen LogP contribution in [-0.2, 0) is 6.42 Å². The Bertz CT molecular complexity index is 299. The lowest BCUT2D eigenvalue weighted by atomic mass is 10.1. The molecule has 0 radical (unpaired) electrons. The second-order valence-electron chi connectivity index (χ2n) is 4.41. The molecule has 0 saturated carbocycles. The van der Waals surface area contributed by atoms with Crippen LogP contribution in [0.5, 0.6) is 0 Å². The van der Waals surface area contributed by atoms with Crippen LogP contribution in [-0.4, -0.2) is 13.1 Å². The van der Waals surface area contributed by atoms with Crippen LogP contribution in [0.1, 0.15) is 78.9 Å². The van der Waals surface area contributed by atoms with Crippen LogP contribution < -0.4 is 5.32 Å². The van der Waals surface area contributed by atoms with Crippen molar-refractivity contribution >= 4 is 6.08 Å². The Morgan fingerprint density at radius 3 is 2.05 bits per heavy atom. The molecule has 0 fully saturated rings. The van der Waals surface area contributed by atoms with Crippen LogP contribution in [0.3, 0.4) is 0 Å². The highest BCUT2D eigenvalue weighted by Gasteiger charge is 1.87. The van der Waals surface area contributed by atoms with Crippen molar-refractivity contribution in [2.24, 2.45) is 0 Å². The molecule has 1 rings (SSSR count). The minimum atomic E-state index is 1.10. The van der Waals surface area contributed by atoms with E-state index in [1.165, 1.54) is 43.5 Å². The standard InChI is InChI=1S/C10H12.C7H17N.2C2H6/c1-3-9-6-5-7-10(4-2)8-9;1-3-5-7-8-6-4-2;2*1-2/h3,5-8H,1,4H2,2H3;8H,3-7H2,1-2H3;2*1-2H3. The van der Waals surface area contributed by atoms with Gasteiger partial charge in [-0.25, -0.2) is 0 Å². The predicted octanol–water partition coefficient (Wildman–Crippen LogP) is 6.73. The first-order valence-corrected chi connectivity index (χ1v) is 9.20. The molecule has 1 N–H and O–H groups in total. The van der Waals surface area contributed by atoms with Crippen LogP contribution in [0.25, 0.3) is 6.08 Å². The van der Waals surface area contributed by atoms with Crippen molar-refractivity contribution in [1.82, 2.24) is 5.32 Å². The molecule has 0 aromatic heterocycles. The van der Waals surface area contributed by atoms with Crippen molar-refractivity contribution in [3.05, 3.63) is 42.0 Å². The highest BCUT2D eigenvalue weighted by Crippen LogP contribution is 2.06. The monoisotopic (exact) mass is 307 g/mol. The largest absolute Gasteiger partial charge is 0.317 e. The molecule has 0 aliphatic heterocycles. The second-order valence-corrected chi connectivity index (χ2v) is 4.41. The molecular formula is C21H41N. The number of nitrogens with one attached hydrogen (secondary N) is 1. The fourth-order valence-electron chi connectivity index (χ4n) is 1.54. The molecule has 0 spiro atoms. The summed E-state index contributed by atoms with van der Waals surface area (Å²) in [6.07, 6.45) is 6.85. The zero-order valence-corrected chi connectivity index (χ0v) is 16.3. The number of hydrogen-bond acceptors (Lipinski definition) is 1. The van der Waals surface area contributed by atoms with Crippen LogP contribution in [0, 0.1) is 0 Å². The molecule has 0 atom stereocenters. The highest BCUT2D eigenvalue weighted by atomic mass is 14.8. The van der Waals surface area contributed by atoms with E-state index >= 15 is 0 Å². The summed E-state index contributed by atoms with van der Waals surface area (Å²) in [5, 5.41) is 3.34. The van der Waals surface area contributed by atoms with E-state index < -0.39 is 0 Å². The predicted molar refractivity (Wildman–Crippen MR) is 107 cm³/mol. The SMILES string of the molecule is C=Cc1cccc(CC)c1.CC.CC.CCCCNCCC. The summed E-state index contributed by atoms with van der Waals surface area (Å²) in [6, 6.07) is 8.42. The number of unbranched alkanes of at least 4 members (excludes halogenated alkanes) is 1. The van der Waals surface area contributed by atoms with Crippen molar-refractivity contribution in [1.29, 1.82) is 0 Å². The fraction of sp³-hybridized carbons (Fsp3) is 0.619. The van der Waals surface area contributed by atoms with Crippen LogP contribution >= 0.6 is 0 Å². The molecule has 0 heterocycles. The lowest BCUT2D eigenvalue weighted by molar-refractivity contribution is 0.633. The van der Waals surface area contributed by atoms with E-state index in [0.717, 1.165) is 6.42 Å². The van der Waals surface area contributed by atoms with E-state index in [-0.39, 0.29) is 0 Å². The van der Waals surface area contributed by atoms with E-state index in [4.69, 9.17) is 0 Å². The molecule has 22 heavy (non-hydrogen) atoms. The average molecular weight is 308 g/mol. The normalized spacial score (nSPS) is 8.32. The molecular weight excluding hydrogens is 266 g/mol. The van der Waals surface area contributed by atoms with Gasteiger partial charge >= 0.3 is 0 Å². The lowest BCUT2D eigenvalue weighted by Gasteiger charge is -1.98. The topological polar surface area (TPSA) is 12.0 Å². The van der Waals surface area contributed by atoms with Gasteiger partial charge in [0.1, 0.15) is 0 Å². The Labute approximate surface area is 141 Å². The molecule has 130 valence electrons. The zero-order valence-electron chi connectivity index (χ0n) is 16.3. The Balaban J connectivity index is -0.000000272. The van der Waals surface area contributed by atoms with Crippen LogP contribution in [0.15, 0.2) is 30.8 Å². The van der Waals surface area contributed by atoms with Crippen molar-refractivity contribution in [3.8, 4) is 0 Å². The average Bonchev–Trinajstić information content (AvgIpc) is 2.63. The van der Waals surface area contributed by atoms with Crippen molar-refractivity contribution in [3.63, 3.8) is 0 Å². The number of hydrogen-bond donors (Lipinski definition) is 1. The highest BCUT2D eigenvalue weighted by molar-refractivity contribution is 5.47. The van der Waals surface area contributed by atoms with E-state index in [1.54, 1.807) is 0 Å². The van der Waals surface area contributed by atoms with Crippen molar-refractivity contribution in [2.45, 2.75) is 74.1 Å². The number of benzene rings is 1. The molecule has 0 aliphatic carbocycles. The Hall–Kier alpha value is -1.08. The lowest BCUT2D eigenvalue weighted by Crippen LogP contribution is -2.15. The Kier molecular flexibility index (Phi) is 29.3. The minimum absolute atomic E-state index is 1.10. The van der Waals surface area contributed by atoms with Gasteiger partial charge in [-0.05, 0) is 43.5 Å². The molecule has 1 nitrogen and oxygen atoms in total. The van der Waals surface area contributed by atoms with Gasteiger partial charge in [0.2, 0.25) is 0 Å². The van der Waals surface area contributed by atoms with Crippen molar-refractivity contribution in [2.75, 3.05) is 13.1 Å². The van der Waals surface area contributed by atoms with E-state index in [0.29, 0.717) is 0 Å². The Morgan fingerprint density at radius 2 is 1.59 bits per heavy atom. The smallest absolute Gasteiger partial charge is 0.00490 e. The van der Waals surface area contributed by atoms with Gasteiger partial charge in [-0.3, -0.25) is 0 Å². The van der Waals surface area contributed by atoms with Gasteiger partial charge < -0.3 is 5.32 Å². The summed E-state index contributed by atoms with van der Waals surface area (Å²) in [5.41, 5.74) is 2.58. The van der Waals surface area contributed by atoms with Gasteiger partial charge in [-0.15, -0.1) is 0 Å². The van der Waals surface area contributed by atoms with Gasteiger partial charge in [0.15, 0.2) is 0 Å². The first-order valence-electron chi connectivity index (χ1n) is 9.20. The van der Waals surface area contributed by atoms with E-state index in [1.807, 2.05) is 33.8 Å². The maximum Gasteiger partial charge on any atom is -0.00490 e. The van der Waals surface area contributed by atoms with Gasteiger partial charge in [-0.1, -0.05) is 91.8 Å². The van der Waals surface area contributed by atoms with Gasteiger partial charge in [0.25, 0.3) is 0 Å². The molecule has 0 amide bonds. The van der Waals surface area contributed by atoms with E-state index in [9.17, 15) is 0 Å². The first-order chi connectivity index (χ1) is 10.8. The second kappa shape index (κ2) is 24.9. The molecule has 0 aliphatic rings. The van der Waals surface area contributed by atoms with Gasteiger partial charge in [0.05, 0.1) is 0 Å². The third kappa shape index (κ3) is 18.9. The number of aryl methyl sites for hydroxylation is 1. The van der Waals surface area contributed by atoms with Gasteiger partial charge in [-0.2, -0.15) is 0 Å². The van der Waals surface area contributed by atoms with Gasteiger partial charge in [0, 0.05) is 0 Å². The Morgan fingerprint density at radius 1 is 0.955 bits per heavy atom. The molecule has 1 aromatic rings. The van der Waals surface area contributed by atoms with Crippen LogP contribution in [0.4, 0.5) is 0 Å². The maximum absolute atomic E-state index is 3.71. The zero-order chi connectivity index (χ0) is 17.6. The first kappa shape index (κ1) is 25.9. The summed E-state index contributed by atoms with van der Waals surface area (Å²) >= 11 is 0. The molecule has 0 saturated heterocycles. The summed E-state index contributed by atoms with van der Waals surface area (Å²) in [7, 11) is 0. The maximum atomic E-state index is 3.71. The van der Waals surface area contributed by atoms with Crippen LogP contribution in [0.2, 0.25) is 0 Å². The summed E-state index contributed by atoms with van der Waals surface area (Å²) < 4.78 is 0. The van der Waals surface area contributed by atoms with E-state index in [2.05, 4.69) is 56.9 Å². The fourth-order valence-corrected chi connectivity index (χ4v) is 1.54. The van der Waals surface area contributed by atoms with Crippen molar-refractivity contribution < 1.29 is 0 Å². The third-order valence-corrected chi connectivity index (χ3v) is 2.73. The molecule has 1 aromatic carbocycles. The third-order valence-electron chi connectivity index (χ3n) is 2.73. The number of rotatable bonds is 7. The quantitative estimate of drug-likeness (QED) is 0.551. The summed E-state index contributed by atoms with van der Waals surface area (Å²) in [5.74, 6) is 0. The summed E-state index contributed by atoms with van der Waals surface area (Å²) in [4.78, 5) is 0. The summed E-state index contributed by atoms with van der Waals surface area (Å²) in [6.45, 7) is 20.6. The molecule has 1 heteroatoms. The molecule has 0 bridgehead atoms. The minimum Gasteiger partial charge on any atom is -0.317 e.